The second-order valence-electron chi connectivity index (χ2n) is 8.95. The molecule has 9 nitrogen and oxygen atoms in total. The van der Waals surface area contributed by atoms with Crippen LogP contribution in [0.2, 0.25) is 0 Å². The van der Waals surface area contributed by atoms with Crippen molar-refractivity contribution >= 4 is 11.3 Å². The lowest BCUT2D eigenvalue weighted by atomic mass is 10.0. The maximum Gasteiger partial charge on any atom is 0.187 e. The van der Waals surface area contributed by atoms with E-state index in [1.165, 1.54) is 6.33 Å². The van der Waals surface area contributed by atoms with Gasteiger partial charge in [-0.1, -0.05) is 6.07 Å². The van der Waals surface area contributed by atoms with E-state index in [-0.39, 0.29) is 0 Å². The molecule has 5 rings (SSSR count). The summed E-state index contributed by atoms with van der Waals surface area (Å²) in [7, 11) is 0. The summed E-state index contributed by atoms with van der Waals surface area (Å²) in [6, 6.07) is 6.09. The number of aliphatic hydroxyl groups excluding tert-OH is 1. The van der Waals surface area contributed by atoms with Crippen LogP contribution in [0.5, 0.6) is 5.75 Å². The Kier molecular flexibility index (Phi) is 5.51. The van der Waals surface area contributed by atoms with Crippen molar-refractivity contribution in [3.8, 4) is 39.0 Å². The minimum atomic E-state index is -0.835. The molecule has 0 aliphatic carbocycles. The van der Waals surface area contributed by atoms with Crippen LogP contribution in [0.15, 0.2) is 36.9 Å². The smallest absolute Gasteiger partial charge is 0.187 e. The van der Waals surface area contributed by atoms with Gasteiger partial charge >= 0.3 is 0 Å². The van der Waals surface area contributed by atoms with Crippen molar-refractivity contribution < 1.29 is 14.9 Å². The van der Waals surface area contributed by atoms with E-state index in [1.54, 1.807) is 47.7 Å². The molecule has 3 aromatic heterocycles. The van der Waals surface area contributed by atoms with Crippen LogP contribution >= 0.6 is 11.3 Å². The van der Waals surface area contributed by atoms with Gasteiger partial charge in [-0.2, -0.15) is 10.2 Å². The van der Waals surface area contributed by atoms with Gasteiger partial charge in [-0.15, -0.1) is 11.3 Å². The van der Waals surface area contributed by atoms with E-state index in [0.717, 1.165) is 44.4 Å². The number of aliphatic hydroxyl groups is 2. The Morgan fingerprint density at radius 2 is 2.09 bits per heavy atom. The predicted molar refractivity (Wildman–Crippen MR) is 125 cm³/mol. The highest BCUT2D eigenvalue weighted by Gasteiger charge is 2.24. The molecule has 172 valence electrons. The van der Waals surface area contributed by atoms with Gasteiger partial charge in [0.1, 0.15) is 12.1 Å². The molecule has 0 saturated heterocycles. The van der Waals surface area contributed by atoms with Gasteiger partial charge in [0.25, 0.3) is 0 Å². The van der Waals surface area contributed by atoms with Gasteiger partial charge in [0, 0.05) is 28.6 Å². The number of nitrogens with zero attached hydrogens (tertiary/aromatic N) is 6. The molecule has 33 heavy (non-hydrogen) atoms. The third kappa shape index (κ3) is 4.54. The maximum absolute atomic E-state index is 10.1. The van der Waals surface area contributed by atoms with E-state index < -0.39 is 11.7 Å². The van der Waals surface area contributed by atoms with Crippen molar-refractivity contribution in [3.05, 3.63) is 41.8 Å². The molecule has 0 amide bonds. The lowest BCUT2D eigenvalue weighted by Gasteiger charge is -2.16. The highest BCUT2D eigenvalue weighted by atomic mass is 32.1. The average molecular weight is 467 g/mol. The van der Waals surface area contributed by atoms with E-state index in [0.29, 0.717) is 25.5 Å². The Balaban J connectivity index is 1.48. The van der Waals surface area contributed by atoms with Gasteiger partial charge < -0.3 is 14.9 Å². The average Bonchev–Trinajstić information content (AvgIpc) is 3.45. The number of rotatable bonds is 6. The summed E-state index contributed by atoms with van der Waals surface area (Å²) in [6.45, 7) is 6.59. The second-order valence-corrected chi connectivity index (χ2v) is 10.0. The molecule has 4 aromatic rings. The second kappa shape index (κ2) is 8.36. The highest BCUT2D eigenvalue weighted by molar-refractivity contribution is 7.15. The van der Waals surface area contributed by atoms with Gasteiger partial charge in [0.15, 0.2) is 10.8 Å². The minimum Gasteiger partial charge on any atom is -0.492 e. The number of benzene rings is 1. The molecule has 1 unspecified atom stereocenters. The fraction of sp³-hybridized carbons (Fsp3) is 0.391. The van der Waals surface area contributed by atoms with Crippen molar-refractivity contribution in [1.82, 2.24) is 29.5 Å². The normalized spacial score (nSPS) is 14.3. The summed E-state index contributed by atoms with van der Waals surface area (Å²) in [5.41, 5.74) is 2.96. The molecule has 1 atom stereocenters. The van der Waals surface area contributed by atoms with Crippen LogP contribution < -0.4 is 4.74 Å². The van der Waals surface area contributed by atoms with E-state index in [9.17, 15) is 10.2 Å². The third-order valence-electron chi connectivity index (χ3n) is 5.28. The molecule has 4 heterocycles. The Morgan fingerprint density at radius 1 is 1.24 bits per heavy atom. The van der Waals surface area contributed by atoms with Crippen LogP contribution in [-0.2, 0) is 19.5 Å². The van der Waals surface area contributed by atoms with Crippen LogP contribution in [0.4, 0.5) is 0 Å². The number of thiazole rings is 1. The summed E-state index contributed by atoms with van der Waals surface area (Å²) in [5.74, 6) is 1.44. The SMILES string of the molecule is CC(O)Cn1ncnc1-c1nc2c(s1)CCOc1cc(-c3cnn(CC(C)(C)O)c3)ccc1-2. The molecule has 0 bridgehead atoms. The number of hydrogen-bond acceptors (Lipinski definition) is 8. The van der Waals surface area contributed by atoms with Crippen LogP contribution in [0.1, 0.15) is 25.6 Å². The van der Waals surface area contributed by atoms with Gasteiger partial charge in [-0.25, -0.2) is 14.6 Å². The summed E-state index contributed by atoms with van der Waals surface area (Å²) in [5, 5.41) is 29.2. The molecule has 1 aromatic carbocycles. The Morgan fingerprint density at radius 3 is 2.88 bits per heavy atom. The van der Waals surface area contributed by atoms with Crippen molar-refractivity contribution in [2.24, 2.45) is 0 Å². The molecule has 0 fully saturated rings. The van der Waals surface area contributed by atoms with Gasteiger partial charge in [0.2, 0.25) is 0 Å². The molecular weight excluding hydrogens is 440 g/mol. The zero-order valence-electron chi connectivity index (χ0n) is 18.8. The predicted octanol–water partition coefficient (Wildman–Crippen LogP) is 3.02. The standard InChI is InChI=1S/C23H26N6O3S/c1-14(30)10-29-21(24-13-26-29)22-27-20-17-5-4-15(8-18(17)32-7-6-19(20)33-22)16-9-25-28(11-16)12-23(2,3)31/h4-5,8-9,11,13-14,30-31H,6-7,10,12H2,1-3H3. The summed E-state index contributed by atoms with van der Waals surface area (Å²) in [4.78, 5) is 10.4. The summed E-state index contributed by atoms with van der Waals surface area (Å²) < 4.78 is 9.51. The first kappa shape index (κ1) is 21.7. The first-order valence-electron chi connectivity index (χ1n) is 10.9. The van der Waals surface area contributed by atoms with Gasteiger partial charge in [-0.05, 0) is 38.5 Å². The quantitative estimate of drug-likeness (QED) is 0.449. The van der Waals surface area contributed by atoms with E-state index in [4.69, 9.17) is 9.72 Å². The zero-order valence-corrected chi connectivity index (χ0v) is 19.6. The van der Waals surface area contributed by atoms with Crippen molar-refractivity contribution in [3.63, 3.8) is 0 Å². The van der Waals surface area contributed by atoms with Gasteiger partial charge in [0.05, 0.1) is 43.3 Å². The highest BCUT2D eigenvalue weighted by Crippen LogP contribution is 2.41. The lowest BCUT2D eigenvalue weighted by Crippen LogP contribution is -2.26. The Labute approximate surface area is 195 Å². The molecule has 10 heteroatoms. The summed E-state index contributed by atoms with van der Waals surface area (Å²) >= 11 is 1.59. The third-order valence-corrected chi connectivity index (χ3v) is 6.39. The maximum atomic E-state index is 10.1. The van der Waals surface area contributed by atoms with E-state index in [1.807, 2.05) is 24.4 Å². The molecule has 1 aliphatic heterocycles. The molecule has 0 saturated carbocycles. The Hall–Kier alpha value is -3.08. The molecule has 0 spiro atoms. The van der Waals surface area contributed by atoms with Gasteiger partial charge in [-0.3, -0.25) is 4.68 Å². The molecule has 1 aliphatic rings. The van der Waals surface area contributed by atoms with Crippen molar-refractivity contribution in [2.75, 3.05) is 6.61 Å². The van der Waals surface area contributed by atoms with Crippen molar-refractivity contribution in [1.29, 1.82) is 0 Å². The van der Waals surface area contributed by atoms with E-state index in [2.05, 4.69) is 15.2 Å². The molecule has 2 N–H and O–H groups in total. The first-order chi connectivity index (χ1) is 15.8. The van der Waals surface area contributed by atoms with Crippen molar-refractivity contribution in [2.45, 2.75) is 52.0 Å². The van der Waals surface area contributed by atoms with Crippen LogP contribution in [-0.4, -0.2) is 58.1 Å². The van der Waals surface area contributed by atoms with Crippen LogP contribution in [0.25, 0.3) is 33.2 Å². The fourth-order valence-corrected chi connectivity index (χ4v) is 4.96. The van der Waals surface area contributed by atoms with E-state index >= 15 is 0 Å². The number of hydrogen-bond donors (Lipinski definition) is 2. The molecule has 0 radical (unpaired) electrons. The number of aromatic nitrogens is 6. The monoisotopic (exact) mass is 466 g/mol. The lowest BCUT2D eigenvalue weighted by molar-refractivity contribution is 0.0577. The first-order valence-corrected chi connectivity index (χ1v) is 11.7. The minimum absolute atomic E-state index is 0.365. The molecular formula is C23H26N6O3S. The fourth-order valence-electron chi connectivity index (χ4n) is 3.91. The largest absolute Gasteiger partial charge is 0.492 e. The topological polar surface area (TPSA) is 111 Å². The van der Waals surface area contributed by atoms with Crippen LogP contribution in [0, 0.1) is 0 Å². The number of fused-ring (bicyclic) bond motifs is 3. The van der Waals surface area contributed by atoms with Crippen LogP contribution in [0.3, 0.4) is 0 Å². The number of ether oxygens (including phenoxy) is 1. The summed E-state index contributed by atoms with van der Waals surface area (Å²) in [6.07, 6.45) is 5.45. The Bertz CT molecular complexity index is 1280. The zero-order chi connectivity index (χ0) is 23.2.